The first-order valence-electron chi connectivity index (χ1n) is 8.45. The molecule has 134 valence electrons. The maximum Gasteiger partial charge on any atom is 0.325 e. The van der Waals surface area contributed by atoms with Crippen LogP contribution in [0.5, 0.6) is 0 Å². The van der Waals surface area contributed by atoms with Crippen LogP contribution in [-0.4, -0.2) is 60.2 Å². The second kappa shape index (κ2) is 6.58. The van der Waals surface area contributed by atoms with Gasteiger partial charge in [0.05, 0.1) is 0 Å². The summed E-state index contributed by atoms with van der Waals surface area (Å²) >= 11 is 0. The lowest BCUT2D eigenvalue weighted by Crippen LogP contribution is -2.39. The van der Waals surface area contributed by atoms with Crippen molar-refractivity contribution in [1.82, 2.24) is 30.1 Å². The first-order valence-corrected chi connectivity index (χ1v) is 8.45. The normalized spacial score (nSPS) is 17.5. The number of carbonyl (C=O) groups excluding carboxylic acids is 1. The van der Waals surface area contributed by atoms with Crippen LogP contribution in [0.15, 0.2) is 30.5 Å². The third-order valence-electron chi connectivity index (χ3n) is 4.72. The van der Waals surface area contributed by atoms with Crippen LogP contribution in [0.4, 0.5) is 0 Å². The van der Waals surface area contributed by atoms with E-state index in [1.54, 1.807) is 24.4 Å². The second-order valence-corrected chi connectivity index (χ2v) is 6.42. The molecule has 9 nitrogen and oxygen atoms in total. The standard InChI is InChI=1S/C17H18N6O3/c24-16(25)10-23-15(5-6-18-23)12-2-1-7-22(9-12)17(26)11-3-4-13-14(8-11)20-21-19-13/h3-6,8,12H,1-2,7,9-10H2,(H,24,25)(H,19,20,21). The van der Waals surface area contributed by atoms with Crippen LogP contribution in [0.1, 0.15) is 34.8 Å². The second-order valence-electron chi connectivity index (χ2n) is 6.42. The Morgan fingerprint density at radius 3 is 2.92 bits per heavy atom. The Labute approximate surface area is 148 Å². The van der Waals surface area contributed by atoms with E-state index in [4.69, 9.17) is 5.11 Å². The summed E-state index contributed by atoms with van der Waals surface area (Å²) in [6.45, 7) is 1.05. The van der Waals surface area contributed by atoms with E-state index >= 15 is 0 Å². The summed E-state index contributed by atoms with van der Waals surface area (Å²) in [6, 6.07) is 7.10. The van der Waals surface area contributed by atoms with E-state index in [0.29, 0.717) is 24.2 Å². The van der Waals surface area contributed by atoms with Crippen molar-refractivity contribution in [2.45, 2.75) is 25.3 Å². The average Bonchev–Trinajstić information content (AvgIpc) is 3.29. The molecular weight excluding hydrogens is 336 g/mol. The number of nitrogens with zero attached hydrogens (tertiary/aromatic N) is 5. The lowest BCUT2D eigenvalue weighted by molar-refractivity contribution is -0.137. The fraction of sp³-hybridized carbons (Fsp3) is 0.353. The Morgan fingerprint density at radius 2 is 2.08 bits per heavy atom. The predicted octanol–water partition coefficient (Wildman–Crippen LogP) is 1.26. The van der Waals surface area contributed by atoms with E-state index in [2.05, 4.69) is 20.5 Å². The SMILES string of the molecule is O=C(O)Cn1nccc1C1CCCN(C(=O)c2ccc3n[nH]nc3c2)C1. The number of aromatic amines is 1. The van der Waals surface area contributed by atoms with Crippen molar-refractivity contribution in [1.29, 1.82) is 0 Å². The average molecular weight is 354 g/mol. The fourth-order valence-corrected chi connectivity index (χ4v) is 3.51. The number of carboxylic acids is 1. The molecule has 0 bridgehead atoms. The van der Waals surface area contributed by atoms with Crippen molar-refractivity contribution in [3.63, 3.8) is 0 Å². The number of benzene rings is 1. The summed E-state index contributed by atoms with van der Waals surface area (Å²) in [7, 11) is 0. The highest BCUT2D eigenvalue weighted by molar-refractivity contribution is 5.97. The van der Waals surface area contributed by atoms with Crippen LogP contribution in [0, 0.1) is 0 Å². The Hall–Kier alpha value is -3.23. The molecule has 2 N–H and O–H groups in total. The van der Waals surface area contributed by atoms with Gasteiger partial charge in [0.25, 0.3) is 5.91 Å². The number of likely N-dealkylation sites (tertiary alicyclic amines) is 1. The van der Waals surface area contributed by atoms with E-state index in [1.165, 1.54) is 4.68 Å². The number of carbonyl (C=O) groups is 2. The molecule has 4 rings (SSSR count). The van der Waals surface area contributed by atoms with Crippen molar-refractivity contribution < 1.29 is 14.7 Å². The van der Waals surface area contributed by atoms with Gasteiger partial charge >= 0.3 is 5.97 Å². The molecule has 3 heterocycles. The molecule has 0 radical (unpaired) electrons. The molecule has 1 aliphatic rings. The van der Waals surface area contributed by atoms with Gasteiger partial charge in [0.1, 0.15) is 17.6 Å². The maximum absolute atomic E-state index is 12.9. The zero-order chi connectivity index (χ0) is 18.1. The molecule has 26 heavy (non-hydrogen) atoms. The minimum Gasteiger partial charge on any atom is -0.480 e. The molecule has 1 unspecified atom stereocenters. The molecule has 0 saturated carbocycles. The Balaban J connectivity index is 1.53. The Morgan fingerprint density at radius 1 is 1.23 bits per heavy atom. The lowest BCUT2D eigenvalue weighted by Gasteiger charge is -2.33. The third kappa shape index (κ3) is 3.03. The number of amides is 1. The molecule has 1 amide bonds. The molecule has 0 aliphatic carbocycles. The summed E-state index contributed by atoms with van der Waals surface area (Å²) in [5.41, 5.74) is 2.81. The van der Waals surface area contributed by atoms with Crippen molar-refractivity contribution in [2.75, 3.05) is 13.1 Å². The zero-order valence-electron chi connectivity index (χ0n) is 14.0. The number of carboxylic acid groups (broad SMARTS) is 1. The largest absolute Gasteiger partial charge is 0.480 e. The molecule has 2 aromatic heterocycles. The number of hydrogen-bond acceptors (Lipinski definition) is 5. The van der Waals surface area contributed by atoms with E-state index < -0.39 is 5.97 Å². The van der Waals surface area contributed by atoms with Gasteiger partial charge in [-0.25, -0.2) is 0 Å². The Kier molecular flexibility index (Phi) is 4.11. The monoisotopic (exact) mass is 354 g/mol. The van der Waals surface area contributed by atoms with E-state index in [-0.39, 0.29) is 18.4 Å². The number of fused-ring (bicyclic) bond motifs is 1. The van der Waals surface area contributed by atoms with E-state index in [9.17, 15) is 9.59 Å². The molecular formula is C17H18N6O3. The van der Waals surface area contributed by atoms with Crippen molar-refractivity contribution in [2.24, 2.45) is 0 Å². The van der Waals surface area contributed by atoms with Crippen LogP contribution in [0.25, 0.3) is 11.0 Å². The van der Waals surface area contributed by atoms with Crippen LogP contribution < -0.4 is 0 Å². The molecule has 1 aromatic carbocycles. The number of aromatic nitrogens is 5. The predicted molar refractivity (Wildman–Crippen MR) is 91.6 cm³/mol. The highest BCUT2D eigenvalue weighted by Gasteiger charge is 2.28. The van der Waals surface area contributed by atoms with E-state index in [0.717, 1.165) is 24.1 Å². The summed E-state index contributed by atoms with van der Waals surface area (Å²) in [5.74, 6) is -0.908. The van der Waals surface area contributed by atoms with Crippen LogP contribution in [0.3, 0.4) is 0 Å². The van der Waals surface area contributed by atoms with Gasteiger partial charge in [-0.05, 0) is 37.1 Å². The third-order valence-corrected chi connectivity index (χ3v) is 4.72. The minimum atomic E-state index is -0.931. The van der Waals surface area contributed by atoms with Crippen LogP contribution >= 0.6 is 0 Å². The number of rotatable bonds is 4. The van der Waals surface area contributed by atoms with Crippen LogP contribution in [-0.2, 0) is 11.3 Å². The molecule has 3 aromatic rings. The number of piperidine rings is 1. The van der Waals surface area contributed by atoms with Gasteiger partial charge in [-0.1, -0.05) is 0 Å². The van der Waals surface area contributed by atoms with Crippen molar-refractivity contribution in [3.05, 3.63) is 41.7 Å². The number of aliphatic carboxylic acids is 1. The summed E-state index contributed by atoms with van der Waals surface area (Å²) in [6.07, 6.45) is 3.37. The van der Waals surface area contributed by atoms with Crippen molar-refractivity contribution in [3.8, 4) is 0 Å². The summed E-state index contributed by atoms with van der Waals surface area (Å²) < 4.78 is 1.50. The highest BCUT2D eigenvalue weighted by Crippen LogP contribution is 2.28. The number of hydrogen-bond donors (Lipinski definition) is 2. The van der Waals surface area contributed by atoms with Gasteiger partial charge in [-0.3, -0.25) is 14.3 Å². The van der Waals surface area contributed by atoms with Gasteiger partial charge in [0.15, 0.2) is 0 Å². The van der Waals surface area contributed by atoms with E-state index in [1.807, 2.05) is 11.0 Å². The molecule has 1 atom stereocenters. The van der Waals surface area contributed by atoms with Gasteiger partial charge in [-0.15, -0.1) is 0 Å². The Bertz CT molecular complexity index is 962. The molecule has 1 fully saturated rings. The maximum atomic E-state index is 12.9. The molecule has 1 aliphatic heterocycles. The minimum absolute atomic E-state index is 0.0519. The van der Waals surface area contributed by atoms with Gasteiger partial charge in [0.2, 0.25) is 0 Å². The molecule has 1 saturated heterocycles. The quantitative estimate of drug-likeness (QED) is 0.728. The highest BCUT2D eigenvalue weighted by atomic mass is 16.4. The van der Waals surface area contributed by atoms with Gasteiger partial charge in [0, 0.05) is 36.5 Å². The molecule has 0 spiro atoms. The van der Waals surface area contributed by atoms with Crippen molar-refractivity contribution >= 4 is 22.9 Å². The first kappa shape index (κ1) is 16.2. The topological polar surface area (TPSA) is 117 Å². The van der Waals surface area contributed by atoms with Gasteiger partial charge < -0.3 is 10.0 Å². The first-order chi connectivity index (χ1) is 12.6. The van der Waals surface area contributed by atoms with Gasteiger partial charge in [-0.2, -0.15) is 20.5 Å². The fourth-order valence-electron chi connectivity index (χ4n) is 3.51. The summed E-state index contributed by atoms with van der Waals surface area (Å²) in [5, 5.41) is 23.7. The number of nitrogens with one attached hydrogen (secondary N) is 1. The lowest BCUT2D eigenvalue weighted by atomic mass is 9.94. The zero-order valence-corrected chi connectivity index (χ0v) is 14.0. The van der Waals surface area contributed by atoms with Crippen LogP contribution in [0.2, 0.25) is 0 Å². The summed E-state index contributed by atoms with van der Waals surface area (Å²) in [4.78, 5) is 25.7. The number of H-pyrrole nitrogens is 1. The smallest absolute Gasteiger partial charge is 0.325 e. The molecule has 9 heteroatoms.